The summed E-state index contributed by atoms with van der Waals surface area (Å²) in [7, 11) is 0. The van der Waals surface area contributed by atoms with Gasteiger partial charge in [-0.15, -0.1) is 0 Å². The number of nitrogens with zero attached hydrogens (tertiary/aromatic N) is 3. The first-order chi connectivity index (χ1) is 8.46. The molecule has 0 heterocycles. The molecule has 0 spiro atoms. The van der Waals surface area contributed by atoms with Gasteiger partial charge in [-0.05, 0) is 25.3 Å². The van der Waals surface area contributed by atoms with Crippen molar-refractivity contribution in [3.05, 3.63) is 22.9 Å². The zero-order valence-corrected chi connectivity index (χ0v) is 10.9. The van der Waals surface area contributed by atoms with Gasteiger partial charge in [0, 0.05) is 5.41 Å². The van der Waals surface area contributed by atoms with E-state index >= 15 is 0 Å². The zero-order chi connectivity index (χ0) is 14.0. The van der Waals surface area contributed by atoms with Crippen LogP contribution in [-0.4, -0.2) is 0 Å². The first-order valence-electron chi connectivity index (χ1n) is 5.84. The summed E-state index contributed by atoms with van der Waals surface area (Å²) < 4.78 is 0. The van der Waals surface area contributed by atoms with Crippen molar-refractivity contribution >= 4 is 0 Å². The Morgan fingerprint density at radius 1 is 1.33 bits per heavy atom. The molecule has 0 saturated carbocycles. The van der Waals surface area contributed by atoms with Crippen molar-refractivity contribution in [2.24, 2.45) is 16.6 Å². The van der Waals surface area contributed by atoms with Gasteiger partial charge in [0.25, 0.3) is 0 Å². The Balaban J connectivity index is 3.73. The van der Waals surface area contributed by atoms with Crippen molar-refractivity contribution in [3.8, 4) is 18.2 Å². The van der Waals surface area contributed by atoms with Crippen molar-refractivity contribution in [1.82, 2.24) is 0 Å². The average Bonchev–Trinajstić information content (AvgIpc) is 2.39. The van der Waals surface area contributed by atoms with E-state index in [1.807, 2.05) is 45.1 Å². The quantitative estimate of drug-likeness (QED) is 0.761. The van der Waals surface area contributed by atoms with E-state index in [-0.39, 0.29) is 11.3 Å². The van der Waals surface area contributed by atoms with Crippen molar-refractivity contribution in [2.75, 3.05) is 0 Å². The predicted octanol–water partition coefficient (Wildman–Crippen LogP) is 2.52. The Morgan fingerprint density at radius 3 is 2.22 bits per heavy atom. The Labute approximate surface area is 108 Å². The minimum Gasteiger partial charge on any atom is -0.399 e. The monoisotopic (exact) mass is 240 g/mol. The second kappa shape index (κ2) is 4.55. The lowest BCUT2D eigenvalue weighted by Gasteiger charge is -2.43. The van der Waals surface area contributed by atoms with Crippen LogP contribution in [0.15, 0.2) is 22.9 Å². The smallest absolute Gasteiger partial charge is 0.189 e. The molecule has 4 heteroatoms. The molecule has 0 unspecified atom stereocenters. The molecule has 1 aliphatic rings. The summed E-state index contributed by atoms with van der Waals surface area (Å²) in [5.41, 5.74) is 5.19. The van der Waals surface area contributed by atoms with Crippen LogP contribution >= 0.6 is 0 Å². The third-order valence-electron chi connectivity index (χ3n) is 4.06. The van der Waals surface area contributed by atoms with E-state index in [9.17, 15) is 15.8 Å². The average molecular weight is 240 g/mol. The van der Waals surface area contributed by atoms with Crippen molar-refractivity contribution in [2.45, 2.75) is 33.6 Å². The van der Waals surface area contributed by atoms with Gasteiger partial charge in [0.05, 0.1) is 23.4 Å². The maximum Gasteiger partial charge on any atom is 0.189 e. The number of hydrogen-bond acceptors (Lipinski definition) is 4. The molecule has 0 fully saturated rings. The third-order valence-corrected chi connectivity index (χ3v) is 4.06. The molecule has 0 amide bonds. The Kier molecular flexibility index (Phi) is 3.49. The molecule has 0 bridgehead atoms. The van der Waals surface area contributed by atoms with E-state index in [0.29, 0.717) is 12.8 Å². The fourth-order valence-electron chi connectivity index (χ4n) is 2.51. The minimum absolute atomic E-state index is 0.0960. The third kappa shape index (κ3) is 1.49. The number of nitriles is 3. The van der Waals surface area contributed by atoms with Crippen LogP contribution in [0.3, 0.4) is 0 Å². The molecule has 0 saturated heterocycles. The van der Waals surface area contributed by atoms with Crippen molar-refractivity contribution in [3.63, 3.8) is 0 Å². The van der Waals surface area contributed by atoms with Gasteiger partial charge in [-0.3, -0.25) is 0 Å². The topological polar surface area (TPSA) is 97.4 Å². The van der Waals surface area contributed by atoms with Gasteiger partial charge in [0.15, 0.2) is 5.41 Å². The van der Waals surface area contributed by atoms with Crippen LogP contribution in [-0.2, 0) is 0 Å². The molecule has 92 valence electrons. The second-order valence-corrected chi connectivity index (χ2v) is 4.78. The standard InChI is InChI=1S/C14H16N4/c1-4-10-6-13(3,5-2)14(8-16,9-17)12(18)11(10)7-15/h4H,5-6,18H2,1-3H3/b10-4-/t13-/m1/s1. The van der Waals surface area contributed by atoms with Crippen molar-refractivity contribution < 1.29 is 0 Å². The summed E-state index contributed by atoms with van der Waals surface area (Å²) in [6.07, 6.45) is 2.99. The summed E-state index contributed by atoms with van der Waals surface area (Å²) >= 11 is 0. The molecular formula is C14H16N4. The van der Waals surface area contributed by atoms with Crippen LogP contribution in [0.25, 0.3) is 0 Å². The minimum atomic E-state index is -1.42. The molecule has 1 rings (SSSR count). The molecule has 0 aromatic rings. The highest BCUT2D eigenvalue weighted by atomic mass is 14.7. The number of allylic oxidation sites excluding steroid dienone is 4. The molecule has 1 aliphatic carbocycles. The summed E-state index contributed by atoms with van der Waals surface area (Å²) in [6, 6.07) is 6.11. The molecular weight excluding hydrogens is 224 g/mol. The van der Waals surface area contributed by atoms with E-state index < -0.39 is 10.8 Å². The van der Waals surface area contributed by atoms with Gasteiger partial charge in [-0.2, -0.15) is 15.8 Å². The Bertz CT molecular complexity index is 534. The van der Waals surface area contributed by atoms with E-state index in [0.717, 1.165) is 5.57 Å². The van der Waals surface area contributed by atoms with Crippen molar-refractivity contribution in [1.29, 1.82) is 15.8 Å². The highest BCUT2D eigenvalue weighted by Gasteiger charge is 2.54. The first-order valence-corrected chi connectivity index (χ1v) is 5.84. The van der Waals surface area contributed by atoms with Crippen LogP contribution in [0.2, 0.25) is 0 Å². The zero-order valence-electron chi connectivity index (χ0n) is 10.9. The molecule has 0 aliphatic heterocycles. The summed E-state index contributed by atoms with van der Waals surface area (Å²) in [4.78, 5) is 0. The van der Waals surface area contributed by atoms with Gasteiger partial charge in [0.1, 0.15) is 6.07 Å². The van der Waals surface area contributed by atoms with Crippen LogP contribution in [0.5, 0.6) is 0 Å². The molecule has 0 aromatic carbocycles. The number of hydrogen-bond donors (Lipinski definition) is 1. The van der Waals surface area contributed by atoms with Gasteiger partial charge >= 0.3 is 0 Å². The highest BCUT2D eigenvalue weighted by Crippen LogP contribution is 2.54. The van der Waals surface area contributed by atoms with E-state index in [1.54, 1.807) is 0 Å². The lowest BCUT2D eigenvalue weighted by atomic mass is 9.56. The maximum absolute atomic E-state index is 9.44. The normalized spacial score (nSPS) is 28.3. The molecule has 0 radical (unpaired) electrons. The lowest BCUT2D eigenvalue weighted by Crippen LogP contribution is -2.45. The van der Waals surface area contributed by atoms with Crippen LogP contribution < -0.4 is 5.73 Å². The van der Waals surface area contributed by atoms with Gasteiger partial charge in [0.2, 0.25) is 0 Å². The summed E-state index contributed by atoms with van der Waals surface area (Å²) in [6.45, 7) is 5.65. The molecule has 1 atom stereocenters. The van der Waals surface area contributed by atoms with E-state index in [1.165, 1.54) is 0 Å². The Morgan fingerprint density at radius 2 is 1.89 bits per heavy atom. The fraction of sp³-hybridized carbons (Fsp3) is 0.500. The van der Waals surface area contributed by atoms with Gasteiger partial charge < -0.3 is 5.73 Å². The van der Waals surface area contributed by atoms with Gasteiger partial charge in [-0.25, -0.2) is 0 Å². The number of rotatable bonds is 1. The first kappa shape index (κ1) is 13.8. The molecule has 0 aromatic heterocycles. The summed E-state index contributed by atoms with van der Waals surface area (Å²) in [5.74, 6) is 0. The molecule has 4 nitrogen and oxygen atoms in total. The number of nitrogens with two attached hydrogens (primary N) is 1. The lowest BCUT2D eigenvalue weighted by molar-refractivity contribution is 0.180. The van der Waals surface area contributed by atoms with Crippen LogP contribution in [0.1, 0.15) is 33.6 Å². The predicted molar refractivity (Wildman–Crippen MR) is 67.3 cm³/mol. The molecule has 2 N–H and O–H groups in total. The largest absolute Gasteiger partial charge is 0.399 e. The maximum atomic E-state index is 9.44. The van der Waals surface area contributed by atoms with E-state index in [2.05, 4.69) is 0 Å². The van der Waals surface area contributed by atoms with Gasteiger partial charge in [-0.1, -0.05) is 19.9 Å². The molecule has 18 heavy (non-hydrogen) atoms. The van der Waals surface area contributed by atoms with Crippen LogP contribution in [0.4, 0.5) is 0 Å². The van der Waals surface area contributed by atoms with E-state index in [4.69, 9.17) is 5.73 Å². The second-order valence-electron chi connectivity index (χ2n) is 4.78. The van der Waals surface area contributed by atoms with Crippen LogP contribution in [0, 0.1) is 44.8 Å². The summed E-state index contributed by atoms with van der Waals surface area (Å²) in [5, 5.41) is 28.1. The highest BCUT2D eigenvalue weighted by molar-refractivity contribution is 5.55. The SMILES string of the molecule is C/C=C1/C[C@@](C)(CC)C(C#N)(C#N)C(N)=C1C#N. The Hall–Kier alpha value is -2.25. The fourth-order valence-corrected chi connectivity index (χ4v) is 2.51.